The fourth-order valence-corrected chi connectivity index (χ4v) is 3.82. The lowest BCUT2D eigenvalue weighted by Gasteiger charge is -2.27. The number of hydrogen-bond acceptors (Lipinski definition) is 4. The molecule has 0 unspecified atom stereocenters. The Morgan fingerprint density at radius 3 is 2.78 bits per heavy atom. The van der Waals surface area contributed by atoms with E-state index in [1.807, 2.05) is 19.2 Å². The van der Waals surface area contributed by atoms with E-state index in [9.17, 15) is 0 Å². The summed E-state index contributed by atoms with van der Waals surface area (Å²) in [7, 11) is 3.92. The van der Waals surface area contributed by atoms with Crippen LogP contribution in [-0.4, -0.2) is 64.5 Å². The van der Waals surface area contributed by atoms with E-state index in [4.69, 9.17) is 25.8 Å². The molecule has 0 radical (unpaired) electrons. The van der Waals surface area contributed by atoms with Crippen molar-refractivity contribution in [2.75, 3.05) is 53.6 Å². The monoisotopic (exact) mass is 395 g/mol. The minimum atomic E-state index is 0.546. The highest BCUT2D eigenvalue weighted by Gasteiger charge is 2.17. The number of aliphatic imine (C=N–C) groups is 1. The molecule has 2 aliphatic heterocycles. The van der Waals surface area contributed by atoms with Crippen molar-refractivity contribution in [3.05, 3.63) is 22.7 Å². The van der Waals surface area contributed by atoms with Gasteiger partial charge in [0, 0.05) is 40.4 Å². The van der Waals surface area contributed by atoms with Gasteiger partial charge >= 0.3 is 0 Å². The number of guanidine groups is 1. The van der Waals surface area contributed by atoms with Crippen LogP contribution in [0, 0.1) is 5.92 Å². The van der Waals surface area contributed by atoms with Crippen LogP contribution in [0.5, 0.6) is 11.5 Å². The fourth-order valence-electron chi connectivity index (χ4n) is 3.53. The third-order valence-electron chi connectivity index (χ3n) is 5.14. The maximum Gasteiger partial charge on any atom is 0.193 e. The van der Waals surface area contributed by atoms with Gasteiger partial charge in [0.2, 0.25) is 0 Å². The highest BCUT2D eigenvalue weighted by Crippen LogP contribution is 2.38. The number of halogens is 1. The van der Waals surface area contributed by atoms with E-state index in [-0.39, 0.29) is 0 Å². The van der Waals surface area contributed by atoms with Crippen molar-refractivity contribution in [2.45, 2.75) is 25.7 Å². The number of ether oxygens (including phenoxy) is 3. The Hall–Kier alpha value is -1.66. The third-order valence-corrected chi connectivity index (χ3v) is 5.42. The minimum Gasteiger partial charge on any atom is -0.486 e. The van der Waals surface area contributed by atoms with Gasteiger partial charge in [0.15, 0.2) is 17.5 Å². The summed E-state index contributed by atoms with van der Waals surface area (Å²) < 4.78 is 16.7. The molecule has 2 heterocycles. The molecule has 7 heteroatoms. The molecule has 0 atom stereocenters. The number of rotatable bonds is 6. The Morgan fingerprint density at radius 1 is 1.22 bits per heavy atom. The largest absolute Gasteiger partial charge is 0.486 e. The Kier molecular flexibility index (Phi) is 7.47. The molecule has 0 amide bonds. The van der Waals surface area contributed by atoms with Gasteiger partial charge in [-0.2, -0.15) is 0 Å². The first kappa shape index (κ1) is 20.1. The molecule has 1 saturated heterocycles. The average Bonchev–Trinajstić information content (AvgIpc) is 2.70. The second kappa shape index (κ2) is 10.0. The zero-order chi connectivity index (χ0) is 19.1. The first-order chi connectivity index (χ1) is 13.2. The van der Waals surface area contributed by atoms with Gasteiger partial charge in [0.25, 0.3) is 0 Å². The van der Waals surface area contributed by atoms with Gasteiger partial charge in [-0.1, -0.05) is 11.6 Å². The smallest absolute Gasteiger partial charge is 0.193 e. The normalized spacial score (nSPS) is 17.7. The van der Waals surface area contributed by atoms with Crippen LogP contribution < -0.4 is 14.8 Å². The van der Waals surface area contributed by atoms with E-state index >= 15 is 0 Å². The maximum atomic E-state index is 6.32. The summed E-state index contributed by atoms with van der Waals surface area (Å²) in [6.07, 6.45) is 4.36. The van der Waals surface area contributed by atoms with Crippen LogP contribution >= 0.6 is 11.6 Å². The molecule has 2 aliphatic rings. The molecule has 6 nitrogen and oxygen atoms in total. The molecule has 1 aromatic rings. The molecule has 1 aromatic carbocycles. The molecular formula is C20H30ClN3O3. The molecule has 0 aromatic heterocycles. The number of hydrogen-bond donors (Lipinski definition) is 1. The van der Waals surface area contributed by atoms with Gasteiger partial charge in [-0.05, 0) is 49.3 Å². The lowest BCUT2D eigenvalue weighted by Crippen LogP contribution is -2.40. The van der Waals surface area contributed by atoms with E-state index in [0.29, 0.717) is 24.0 Å². The molecule has 150 valence electrons. The van der Waals surface area contributed by atoms with Crippen molar-refractivity contribution >= 4 is 17.6 Å². The van der Waals surface area contributed by atoms with Crippen LogP contribution in [0.1, 0.15) is 24.8 Å². The van der Waals surface area contributed by atoms with Crippen molar-refractivity contribution in [1.29, 1.82) is 0 Å². The maximum absolute atomic E-state index is 6.32. The lowest BCUT2D eigenvalue weighted by atomic mass is 9.96. The Morgan fingerprint density at radius 2 is 2.00 bits per heavy atom. The summed E-state index contributed by atoms with van der Waals surface area (Å²) >= 11 is 6.32. The quantitative estimate of drug-likeness (QED) is 0.592. The SMILES string of the molecule is CN=C(NCCc1cc(Cl)c2c(c1)OCCO2)N(C)CCC1CCOCC1. The highest BCUT2D eigenvalue weighted by molar-refractivity contribution is 6.32. The van der Waals surface area contributed by atoms with Gasteiger partial charge in [0.05, 0.1) is 5.02 Å². The predicted octanol–water partition coefficient (Wildman–Crippen LogP) is 2.98. The Balaban J connectivity index is 1.46. The Labute approximate surface area is 166 Å². The van der Waals surface area contributed by atoms with E-state index in [1.54, 1.807) is 0 Å². The number of fused-ring (bicyclic) bond motifs is 1. The van der Waals surface area contributed by atoms with Gasteiger partial charge < -0.3 is 24.4 Å². The van der Waals surface area contributed by atoms with Gasteiger partial charge in [0.1, 0.15) is 13.2 Å². The summed E-state index contributed by atoms with van der Waals surface area (Å²) in [4.78, 5) is 6.61. The molecule has 0 bridgehead atoms. The van der Waals surface area contributed by atoms with E-state index in [2.05, 4.69) is 22.3 Å². The zero-order valence-electron chi connectivity index (χ0n) is 16.3. The van der Waals surface area contributed by atoms with Gasteiger partial charge in [-0.15, -0.1) is 0 Å². The molecular weight excluding hydrogens is 366 g/mol. The summed E-state index contributed by atoms with van der Waals surface area (Å²) in [6.45, 7) is 4.70. The van der Waals surface area contributed by atoms with Crippen LogP contribution in [0.15, 0.2) is 17.1 Å². The number of nitrogens with one attached hydrogen (secondary N) is 1. The third kappa shape index (κ3) is 5.66. The van der Waals surface area contributed by atoms with Crippen LogP contribution in [-0.2, 0) is 11.2 Å². The van der Waals surface area contributed by atoms with Crippen molar-refractivity contribution < 1.29 is 14.2 Å². The van der Waals surface area contributed by atoms with Crippen molar-refractivity contribution in [2.24, 2.45) is 10.9 Å². The lowest BCUT2D eigenvalue weighted by molar-refractivity contribution is 0.0625. The molecule has 0 spiro atoms. The van der Waals surface area contributed by atoms with Crippen LogP contribution in [0.3, 0.4) is 0 Å². The molecule has 3 rings (SSSR count). The van der Waals surface area contributed by atoms with Crippen LogP contribution in [0.4, 0.5) is 0 Å². The fraction of sp³-hybridized carbons (Fsp3) is 0.650. The molecule has 1 N–H and O–H groups in total. The molecule has 0 aliphatic carbocycles. The topological polar surface area (TPSA) is 55.3 Å². The van der Waals surface area contributed by atoms with Crippen molar-refractivity contribution in [3.63, 3.8) is 0 Å². The summed E-state index contributed by atoms with van der Waals surface area (Å²) in [5.41, 5.74) is 1.12. The summed E-state index contributed by atoms with van der Waals surface area (Å²) in [5.74, 6) is 3.08. The molecule has 0 saturated carbocycles. The summed E-state index contributed by atoms with van der Waals surface area (Å²) in [5, 5.41) is 4.05. The first-order valence-electron chi connectivity index (χ1n) is 9.75. The standard InChI is InChI=1S/C20H30ClN3O3/c1-22-20(24(2)8-4-15-5-9-25-10-6-15)23-7-3-16-13-17(21)19-18(14-16)26-11-12-27-19/h13-15H,3-12H2,1-2H3,(H,22,23). The predicted molar refractivity (Wildman–Crippen MR) is 108 cm³/mol. The minimum absolute atomic E-state index is 0.546. The second-order valence-corrected chi connectivity index (χ2v) is 7.50. The van der Waals surface area contributed by atoms with Crippen molar-refractivity contribution in [3.8, 4) is 11.5 Å². The molecule has 1 fully saturated rings. The molecule has 27 heavy (non-hydrogen) atoms. The Bertz CT molecular complexity index is 648. The van der Waals surface area contributed by atoms with E-state index in [0.717, 1.165) is 55.9 Å². The van der Waals surface area contributed by atoms with Crippen LogP contribution in [0.2, 0.25) is 5.02 Å². The zero-order valence-corrected chi connectivity index (χ0v) is 17.1. The summed E-state index contributed by atoms with van der Waals surface area (Å²) in [6, 6.07) is 3.97. The van der Waals surface area contributed by atoms with Gasteiger partial charge in [-0.25, -0.2) is 0 Å². The van der Waals surface area contributed by atoms with Crippen molar-refractivity contribution in [1.82, 2.24) is 10.2 Å². The van der Waals surface area contributed by atoms with Gasteiger partial charge in [-0.3, -0.25) is 4.99 Å². The van der Waals surface area contributed by atoms with E-state index in [1.165, 1.54) is 19.3 Å². The first-order valence-corrected chi connectivity index (χ1v) is 10.1. The number of nitrogens with zero attached hydrogens (tertiary/aromatic N) is 2. The van der Waals surface area contributed by atoms with Crippen LogP contribution in [0.25, 0.3) is 0 Å². The van der Waals surface area contributed by atoms with E-state index < -0.39 is 0 Å². The highest BCUT2D eigenvalue weighted by atomic mass is 35.5. The number of benzene rings is 1. The average molecular weight is 396 g/mol. The second-order valence-electron chi connectivity index (χ2n) is 7.09.